The van der Waals surface area contributed by atoms with Gasteiger partial charge in [0, 0.05) is 12.5 Å². The number of benzene rings is 2. The highest BCUT2D eigenvalue weighted by Crippen LogP contribution is 2.37. The lowest BCUT2D eigenvalue weighted by Crippen LogP contribution is -2.35. The Balaban J connectivity index is 1.29. The van der Waals surface area contributed by atoms with E-state index in [0.29, 0.717) is 29.8 Å². The molecular weight excluding hydrogens is 372 g/mol. The van der Waals surface area contributed by atoms with Crippen molar-refractivity contribution in [2.45, 2.75) is 18.8 Å². The van der Waals surface area contributed by atoms with Crippen LogP contribution < -0.4 is 14.2 Å². The molecule has 1 fully saturated rings. The molecule has 0 aliphatic carbocycles. The van der Waals surface area contributed by atoms with E-state index in [1.54, 1.807) is 14.2 Å². The van der Waals surface area contributed by atoms with Gasteiger partial charge in [0.1, 0.15) is 6.61 Å². The lowest BCUT2D eigenvalue weighted by molar-refractivity contribution is 0.168. The van der Waals surface area contributed by atoms with Crippen molar-refractivity contribution in [1.29, 1.82) is 0 Å². The van der Waals surface area contributed by atoms with Crippen molar-refractivity contribution in [1.82, 2.24) is 9.88 Å². The summed E-state index contributed by atoms with van der Waals surface area (Å²) in [5, 5.41) is 1.29. The maximum absolute atomic E-state index is 6.00. The smallest absolute Gasteiger partial charge is 0.203 e. The van der Waals surface area contributed by atoms with Crippen LogP contribution in [0.3, 0.4) is 0 Å². The largest absolute Gasteiger partial charge is 0.493 e. The van der Waals surface area contributed by atoms with Gasteiger partial charge in [-0.25, -0.2) is 4.98 Å². The zero-order chi connectivity index (χ0) is 19.3. The van der Waals surface area contributed by atoms with E-state index in [2.05, 4.69) is 29.2 Å². The molecule has 1 saturated heterocycles. The monoisotopic (exact) mass is 398 g/mol. The quantitative estimate of drug-likeness (QED) is 0.583. The zero-order valence-corrected chi connectivity index (χ0v) is 17.2. The van der Waals surface area contributed by atoms with Gasteiger partial charge in [-0.05, 0) is 50.2 Å². The van der Waals surface area contributed by atoms with E-state index in [0.717, 1.165) is 38.0 Å². The summed E-state index contributed by atoms with van der Waals surface area (Å²) in [6, 6.07) is 14.1. The second-order valence-electron chi connectivity index (χ2n) is 6.98. The minimum Gasteiger partial charge on any atom is -0.493 e. The third kappa shape index (κ3) is 4.08. The molecule has 2 aromatic carbocycles. The number of ether oxygens (including phenoxy) is 3. The highest BCUT2D eigenvalue weighted by atomic mass is 32.1. The number of aromatic nitrogens is 1. The van der Waals surface area contributed by atoms with Crippen molar-refractivity contribution < 1.29 is 14.2 Å². The van der Waals surface area contributed by atoms with Crippen molar-refractivity contribution >= 4 is 21.6 Å². The summed E-state index contributed by atoms with van der Waals surface area (Å²) >= 11 is 1.85. The van der Waals surface area contributed by atoms with E-state index < -0.39 is 0 Å². The Labute approximate surface area is 169 Å². The number of fused-ring (bicyclic) bond motifs is 1. The van der Waals surface area contributed by atoms with Gasteiger partial charge >= 0.3 is 0 Å². The lowest BCUT2D eigenvalue weighted by Gasteiger charge is -2.31. The number of para-hydroxylation sites is 2. The van der Waals surface area contributed by atoms with Crippen molar-refractivity contribution in [3.05, 3.63) is 47.5 Å². The molecule has 0 bridgehead atoms. The average molecular weight is 399 g/mol. The molecule has 1 aliphatic heterocycles. The molecule has 6 heteroatoms. The van der Waals surface area contributed by atoms with Crippen LogP contribution in [-0.4, -0.2) is 50.3 Å². The van der Waals surface area contributed by atoms with Crippen molar-refractivity contribution in [3.8, 4) is 17.2 Å². The first-order valence-electron chi connectivity index (χ1n) is 9.70. The second kappa shape index (κ2) is 8.80. The van der Waals surface area contributed by atoms with E-state index in [4.69, 9.17) is 19.2 Å². The van der Waals surface area contributed by atoms with E-state index >= 15 is 0 Å². The molecule has 0 radical (unpaired) electrons. The predicted octanol–water partition coefficient (Wildman–Crippen LogP) is 4.57. The van der Waals surface area contributed by atoms with Gasteiger partial charge in [0.05, 0.1) is 29.4 Å². The Morgan fingerprint density at radius 2 is 1.71 bits per heavy atom. The van der Waals surface area contributed by atoms with Gasteiger partial charge in [-0.3, -0.25) is 4.90 Å². The summed E-state index contributed by atoms with van der Waals surface area (Å²) in [5.41, 5.74) is 1.13. The van der Waals surface area contributed by atoms with Gasteiger partial charge in [-0.15, -0.1) is 11.3 Å². The molecule has 1 aliphatic rings. The summed E-state index contributed by atoms with van der Waals surface area (Å²) in [7, 11) is 3.29. The maximum Gasteiger partial charge on any atom is 0.203 e. The fraction of sp³-hybridized carbons (Fsp3) is 0.409. The van der Waals surface area contributed by atoms with Crippen LogP contribution in [0.4, 0.5) is 0 Å². The van der Waals surface area contributed by atoms with Crippen molar-refractivity contribution in [2.75, 3.05) is 40.5 Å². The summed E-state index contributed by atoms with van der Waals surface area (Å²) < 4.78 is 18.1. The number of thiazole rings is 1. The van der Waals surface area contributed by atoms with Gasteiger partial charge < -0.3 is 14.2 Å². The Hall–Kier alpha value is -2.31. The molecule has 0 amide bonds. The molecule has 5 nitrogen and oxygen atoms in total. The summed E-state index contributed by atoms with van der Waals surface area (Å²) in [6.07, 6.45) is 2.30. The molecule has 0 spiro atoms. The number of hydrogen-bond acceptors (Lipinski definition) is 6. The fourth-order valence-corrected chi connectivity index (χ4v) is 4.84. The van der Waals surface area contributed by atoms with Gasteiger partial charge in [0.2, 0.25) is 5.75 Å². The highest BCUT2D eigenvalue weighted by Gasteiger charge is 2.23. The minimum absolute atomic E-state index is 0.573. The van der Waals surface area contributed by atoms with Crippen molar-refractivity contribution in [2.24, 2.45) is 0 Å². The first-order chi connectivity index (χ1) is 13.8. The van der Waals surface area contributed by atoms with Gasteiger partial charge in [-0.1, -0.05) is 18.2 Å². The Morgan fingerprint density at radius 1 is 1.00 bits per heavy atom. The molecule has 0 atom stereocenters. The van der Waals surface area contributed by atoms with Crippen LogP contribution in [0.1, 0.15) is 23.8 Å². The molecule has 0 N–H and O–H groups in total. The second-order valence-corrected chi connectivity index (χ2v) is 8.04. The topological polar surface area (TPSA) is 43.8 Å². The van der Waals surface area contributed by atoms with Gasteiger partial charge in [-0.2, -0.15) is 0 Å². The number of likely N-dealkylation sites (tertiary alicyclic amines) is 1. The van der Waals surface area contributed by atoms with E-state index in [-0.39, 0.29) is 0 Å². The standard InChI is InChI=1S/C22H26N2O3S/c1-25-18-7-5-8-19(26-2)21(18)27-15-14-24-12-10-16(11-13-24)22-23-17-6-3-4-9-20(17)28-22/h3-9,16H,10-15H2,1-2H3. The Morgan fingerprint density at radius 3 is 2.39 bits per heavy atom. The van der Waals surface area contributed by atoms with Gasteiger partial charge in [0.15, 0.2) is 11.5 Å². The van der Waals surface area contributed by atoms with Gasteiger partial charge in [0.25, 0.3) is 0 Å². The molecule has 3 aromatic rings. The Kier molecular flexibility index (Phi) is 5.98. The lowest BCUT2D eigenvalue weighted by atomic mass is 9.97. The van der Waals surface area contributed by atoms with Crippen LogP contribution in [0, 0.1) is 0 Å². The molecule has 1 aromatic heterocycles. The fourth-order valence-electron chi connectivity index (χ4n) is 3.70. The Bertz CT molecular complexity index is 864. The number of rotatable bonds is 7. The third-order valence-corrected chi connectivity index (χ3v) is 6.48. The first kappa shape index (κ1) is 19.0. The zero-order valence-electron chi connectivity index (χ0n) is 16.4. The molecule has 28 heavy (non-hydrogen) atoms. The van der Waals surface area contributed by atoms with Crippen LogP contribution in [0.5, 0.6) is 17.2 Å². The molecule has 148 valence electrons. The molecule has 0 unspecified atom stereocenters. The van der Waals surface area contributed by atoms with E-state index in [1.165, 1.54) is 9.71 Å². The van der Waals surface area contributed by atoms with Crippen LogP contribution in [0.2, 0.25) is 0 Å². The SMILES string of the molecule is COc1cccc(OC)c1OCCN1CCC(c2nc3ccccc3s2)CC1. The van der Waals surface area contributed by atoms with Crippen LogP contribution in [0.15, 0.2) is 42.5 Å². The van der Waals surface area contributed by atoms with Crippen LogP contribution in [-0.2, 0) is 0 Å². The van der Waals surface area contributed by atoms with Crippen LogP contribution in [0.25, 0.3) is 10.2 Å². The number of methoxy groups -OCH3 is 2. The average Bonchev–Trinajstić information content (AvgIpc) is 3.18. The van der Waals surface area contributed by atoms with Crippen LogP contribution >= 0.6 is 11.3 Å². The first-order valence-corrected chi connectivity index (χ1v) is 10.5. The molecule has 0 saturated carbocycles. The highest BCUT2D eigenvalue weighted by molar-refractivity contribution is 7.18. The normalized spacial score (nSPS) is 15.6. The van der Waals surface area contributed by atoms with Crippen molar-refractivity contribution in [3.63, 3.8) is 0 Å². The number of piperidine rings is 1. The minimum atomic E-state index is 0.573. The van der Waals surface area contributed by atoms with E-state index in [9.17, 15) is 0 Å². The number of hydrogen-bond donors (Lipinski definition) is 0. The van der Waals surface area contributed by atoms with E-state index in [1.807, 2.05) is 29.5 Å². The number of nitrogens with zero attached hydrogens (tertiary/aromatic N) is 2. The maximum atomic E-state index is 6.00. The summed E-state index contributed by atoms with van der Waals surface area (Å²) in [6.45, 7) is 3.66. The molecule has 2 heterocycles. The predicted molar refractivity (Wildman–Crippen MR) is 113 cm³/mol. The molecule has 4 rings (SSSR count). The molecular formula is C22H26N2O3S. The summed E-state index contributed by atoms with van der Waals surface area (Å²) in [5.74, 6) is 2.66. The third-order valence-electron chi connectivity index (χ3n) is 5.28. The summed E-state index contributed by atoms with van der Waals surface area (Å²) in [4.78, 5) is 7.31.